The van der Waals surface area contributed by atoms with Crippen molar-refractivity contribution in [3.63, 3.8) is 0 Å². The third-order valence-corrected chi connectivity index (χ3v) is 5.10. The number of nitrogens with zero attached hydrogens (tertiary/aromatic N) is 2. The van der Waals surface area contributed by atoms with Crippen molar-refractivity contribution in [2.75, 3.05) is 5.43 Å². The highest BCUT2D eigenvalue weighted by Gasteiger charge is 2.10. The van der Waals surface area contributed by atoms with Crippen LogP contribution in [-0.4, -0.2) is 27.3 Å². The Hall–Kier alpha value is -3.61. The first-order valence-electron chi connectivity index (χ1n) is 9.82. The number of aromatic amines is 2. The number of nitrogens with one attached hydrogen (secondary N) is 4. The van der Waals surface area contributed by atoms with E-state index in [0.717, 1.165) is 50.8 Å². The van der Waals surface area contributed by atoms with Crippen molar-refractivity contribution in [1.82, 2.24) is 15.4 Å². The largest absolute Gasteiger partial charge is 0.364 e. The lowest BCUT2D eigenvalue weighted by Crippen LogP contribution is -2.19. The smallest absolute Gasteiger partial charge is 0.271 e. The van der Waals surface area contributed by atoms with E-state index in [1.165, 1.54) is 0 Å². The van der Waals surface area contributed by atoms with Crippen LogP contribution in [0.3, 0.4) is 0 Å². The summed E-state index contributed by atoms with van der Waals surface area (Å²) in [7, 11) is 0. The van der Waals surface area contributed by atoms with Gasteiger partial charge in [0.1, 0.15) is 0 Å². The number of anilines is 1. The molecule has 1 amide bonds. The summed E-state index contributed by atoms with van der Waals surface area (Å²) in [5.74, 6) is -0.259. The highest BCUT2D eigenvalue weighted by Crippen LogP contribution is 2.15. The zero-order chi connectivity index (χ0) is 21.8. The number of amides is 1. The van der Waals surface area contributed by atoms with E-state index in [9.17, 15) is 4.79 Å². The van der Waals surface area contributed by atoms with Gasteiger partial charge in [-0.05, 0) is 76.9 Å². The normalized spacial score (nSPS) is 12.2. The van der Waals surface area contributed by atoms with Crippen molar-refractivity contribution in [3.05, 3.63) is 75.9 Å². The van der Waals surface area contributed by atoms with Gasteiger partial charge < -0.3 is 9.97 Å². The highest BCUT2D eigenvalue weighted by atomic mass is 16.2. The molecule has 0 atom stereocenters. The van der Waals surface area contributed by atoms with E-state index < -0.39 is 0 Å². The van der Waals surface area contributed by atoms with Crippen molar-refractivity contribution in [2.45, 2.75) is 41.5 Å². The molecule has 156 valence electrons. The molecule has 0 radical (unpaired) electrons. The van der Waals surface area contributed by atoms with Crippen LogP contribution in [-0.2, 0) is 0 Å². The second-order valence-corrected chi connectivity index (χ2v) is 7.47. The third kappa shape index (κ3) is 4.51. The van der Waals surface area contributed by atoms with Crippen LogP contribution in [0.1, 0.15) is 57.8 Å². The zero-order valence-corrected chi connectivity index (χ0v) is 18.3. The molecule has 3 rings (SSSR count). The summed E-state index contributed by atoms with van der Waals surface area (Å²) < 4.78 is 0. The van der Waals surface area contributed by atoms with Gasteiger partial charge in [0, 0.05) is 40.5 Å². The molecule has 0 saturated heterocycles. The number of aryl methyl sites for hydroxylation is 4. The number of carbonyl (C=O) groups excluding carboxylic acids is 1. The summed E-state index contributed by atoms with van der Waals surface area (Å²) in [6, 6.07) is 7.12. The lowest BCUT2D eigenvalue weighted by molar-refractivity contribution is 0.0955. The van der Waals surface area contributed by atoms with E-state index in [2.05, 4.69) is 31.0 Å². The Kier molecular flexibility index (Phi) is 6.20. The Morgan fingerprint density at radius 1 is 0.800 bits per heavy atom. The molecule has 0 aliphatic heterocycles. The first-order valence-corrected chi connectivity index (χ1v) is 9.82. The number of hydrogen-bond acceptors (Lipinski definition) is 4. The number of aromatic nitrogens is 2. The summed E-state index contributed by atoms with van der Waals surface area (Å²) in [5.41, 5.74) is 15.2. The van der Waals surface area contributed by atoms with E-state index in [0.29, 0.717) is 5.56 Å². The molecule has 7 nitrogen and oxygen atoms in total. The fourth-order valence-electron chi connectivity index (χ4n) is 3.58. The summed E-state index contributed by atoms with van der Waals surface area (Å²) in [6.07, 6.45) is 3.90. The van der Waals surface area contributed by atoms with Crippen molar-refractivity contribution < 1.29 is 4.79 Å². The molecular weight excluding hydrogens is 376 g/mol. The van der Waals surface area contributed by atoms with Gasteiger partial charge in [0.2, 0.25) is 0 Å². The SMILES string of the molecule is C/C(=N\NC(=O)c1ccc(N/N=C(\C)c2c(C)c[nH]c2C)cc1)c1c(C)c[nH]c1C. The highest BCUT2D eigenvalue weighted by molar-refractivity contribution is 6.03. The van der Waals surface area contributed by atoms with Crippen LogP contribution < -0.4 is 10.9 Å². The fraction of sp³-hybridized carbons (Fsp3) is 0.261. The Bertz CT molecular complexity index is 1080. The lowest BCUT2D eigenvalue weighted by Gasteiger charge is -2.06. The molecule has 2 heterocycles. The van der Waals surface area contributed by atoms with Gasteiger partial charge in [-0.1, -0.05) is 0 Å². The van der Waals surface area contributed by atoms with E-state index in [1.807, 2.05) is 66.1 Å². The van der Waals surface area contributed by atoms with Gasteiger partial charge in [0.05, 0.1) is 17.1 Å². The van der Waals surface area contributed by atoms with Gasteiger partial charge in [0.25, 0.3) is 5.91 Å². The van der Waals surface area contributed by atoms with Crippen LogP contribution in [0.25, 0.3) is 0 Å². The van der Waals surface area contributed by atoms with Gasteiger partial charge in [0.15, 0.2) is 0 Å². The molecule has 0 spiro atoms. The Morgan fingerprint density at radius 3 is 1.77 bits per heavy atom. The minimum atomic E-state index is -0.259. The topological polar surface area (TPSA) is 97.4 Å². The van der Waals surface area contributed by atoms with Crippen LogP contribution >= 0.6 is 0 Å². The molecule has 0 fully saturated rings. The van der Waals surface area contributed by atoms with E-state index in [1.54, 1.807) is 12.1 Å². The minimum absolute atomic E-state index is 0.259. The van der Waals surface area contributed by atoms with Gasteiger partial charge in [-0.15, -0.1) is 0 Å². The standard InChI is InChI=1S/C23H28N6O/c1-13-11-24-15(3)21(13)17(5)26-28-20-9-7-19(8-10-20)23(30)29-27-18(6)22-14(2)12-25-16(22)4/h7-12,24-25,28H,1-6H3,(H,29,30)/b26-17+,27-18+. The second-order valence-electron chi connectivity index (χ2n) is 7.47. The quantitative estimate of drug-likeness (QED) is 0.358. The molecule has 0 unspecified atom stereocenters. The zero-order valence-electron chi connectivity index (χ0n) is 18.3. The lowest BCUT2D eigenvalue weighted by atomic mass is 10.1. The molecular formula is C23H28N6O. The third-order valence-electron chi connectivity index (χ3n) is 5.10. The first-order chi connectivity index (χ1) is 14.3. The summed E-state index contributed by atoms with van der Waals surface area (Å²) in [6.45, 7) is 11.9. The minimum Gasteiger partial charge on any atom is -0.364 e. The molecule has 1 aromatic carbocycles. The molecule has 4 N–H and O–H groups in total. The number of hydrogen-bond donors (Lipinski definition) is 4. The summed E-state index contributed by atoms with van der Waals surface area (Å²) in [5, 5.41) is 8.71. The molecule has 0 aliphatic rings. The monoisotopic (exact) mass is 404 g/mol. The average molecular weight is 405 g/mol. The second kappa shape index (κ2) is 8.82. The molecule has 2 aromatic heterocycles. The number of benzene rings is 1. The van der Waals surface area contributed by atoms with Gasteiger partial charge in [-0.2, -0.15) is 10.2 Å². The molecule has 3 aromatic rings. The Labute approximate surface area is 176 Å². The Morgan fingerprint density at radius 2 is 1.30 bits per heavy atom. The predicted molar refractivity (Wildman–Crippen MR) is 122 cm³/mol. The molecule has 0 saturated carbocycles. The van der Waals surface area contributed by atoms with Crippen LogP contribution in [0.5, 0.6) is 0 Å². The van der Waals surface area contributed by atoms with E-state index >= 15 is 0 Å². The average Bonchev–Trinajstić information content (AvgIpc) is 3.24. The van der Waals surface area contributed by atoms with Gasteiger partial charge >= 0.3 is 0 Å². The van der Waals surface area contributed by atoms with Gasteiger partial charge in [-0.25, -0.2) is 5.43 Å². The maximum Gasteiger partial charge on any atom is 0.271 e. The Balaban J connectivity index is 1.64. The fourth-order valence-corrected chi connectivity index (χ4v) is 3.58. The van der Waals surface area contributed by atoms with Crippen molar-refractivity contribution in [2.24, 2.45) is 10.2 Å². The molecule has 30 heavy (non-hydrogen) atoms. The molecule has 7 heteroatoms. The van der Waals surface area contributed by atoms with Crippen LogP contribution in [0, 0.1) is 27.7 Å². The summed E-state index contributed by atoms with van der Waals surface area (Å²) in [4.78, 5) is 18.8. The summed E-state index contributed by atoms with van der Waals surface area (Å²) >= 11 is 0. The number of carbonyl (C=O) groups is 1. The number of rotatable bonds is 6. The van der Waals surface area contributed by atoms with Crippen LogP contribution in [0.2, 0.25) is 0 Å². The van der Waals surface area contributed by atoms with Crippen molar-refractivity contribution >= 4 is 23.0 Å². The van der Waals surface area contributed by atoms with Crippen molar-refractivity contribution in [3.8, 4) is 0 Å². The number of hydrazone groups is 2. The van der Waals surface area contributed by atoms with Crippen LogP contribution in [0.4, 0.5) is 5.69 Å². The predicted octanol–water partition coefficient (Wildman–Crippen LogP) is 4.57. The van der Waals surface area contributed by atoms with Crippen LogP contribution in [0.15, 0.2) is 46.9 Å². The number of H-pyrrole nitrogens is 2. The molecule has 0 bridgehead atoms. The van der Waals surface area contributed by atoms with E-state index in [-0.39, 0.29) is 5.91 Å². The first kappa shape index (κ1) is 21.1. The molecule has 0 aliphatic carbocycles. The van der Waals surface area contributed by atoms with Gasteiger partial charge in [-0.3, -0.25) is 10.2 Å². The maximum absolute atomic E-state index is 12.4. The maximum atomic E-state index is 12.4. The van der Waals surface area contributed by atoms with E-state index in [4.69, 9.17) is 0 Å². The van der Waals surface area contributed by atoms with Crippen molar-refractivity contribution in [1.29, 1.82) is 0 Å².